The highest BCUT2D eigenvalue weighted by Crippen LogP contribution is 2.15. The zero-order chi connectivity index (χ0) is 20.6. The van der Waals surface area contributed by atoms with Crippen LogP contribution >= 0.6 is 11.6 Å². The van der Waals surface area contributed by atoms with E-state index in [0.29, 0.717) is 19.7 Å². The Morgan fingerprint density at radius 2 is 2.03 bits per heavy atom. The molecule has 1 N–H and O–H groups in total. The molecule has 7 heteroatoms. The zero-order valence-electron chi connectivity index (χ0n) is 17.0. The number of aliphatic imine (C=N–C) groups is 1. The highest BCUT2D eigenvalue weighted by Gasteiger charge is 2.10. The van der Waals surface area contributed by atoms with E-state index in [1.165, 1.54) is 0 Å². The van der Waals surface area contributed by atoms with E-state index in [-0.39, 0.29) is 0 Å². The Morgan fingerprint density at radius 3 is 2.66 bits per heavy atom. The van der Waals surface area contributed by atoms with E-state index in [4.69, 9.17) is 16.3 Å². The van der Waals surface area contributed by atoms with Gasteiger partial charge < -0.3 is 19.5 Å². The van der Waals surface area contributed by atoms with Gasteiger partial charge >= 0.3 is 0 Å². The molecule has 0 saturated heterocycles. The fourth-order valence-electron chi connectivity index (χ4n) is 2.95. The summed E-state index contributed by atoms with van der Waals surface area (Å²) in [5, 5.41) is 4.13. The summed E-state index contributed by atoms with van der Waals surface area (Å²) < 4.78 is 7.81. The van der Waals surface area contributed by atoms with Gasteiger partial charge in [0.25, 0.3) is 0 Å². The number of pyridine rings is 1. The van der Waals surface area contributed by atoms with E-state index in [9.17, 15) is 0 Å². The smallest absolute Gasteiger partial charge is 0.194 e. The van der Waals surface area contributed by atoms with Gasteiger partial charge in [0.1, 0.15) is 12.4 Å². The zero-order valence-corrected chi connectivity index (χ0v) is 17.7. The lowest BCUT2D eigenvalue weighted by molar-refractivity contribution is 0.301. The summed E-state index contributed by atoms with van der Waals surface area (Å²) in [4.78, 5) is 10.7. The minimum Gasteiger partial charge on any atom is -0.487 e. The van der Waals surface area contributed by atoms with Crippen LogP contribution in [0.3, 0.4) is 0 Å². The molecule has 3 rings (SSSR count). The number of aryl methyl sites for hydroxylation is 1. The van der Waals surface area contributed by atoms with Crippen molar-refractivity contribution in [3.63, 3.8) is 0 Å². The largest absolute Gasteiger partial charge is 0.487 e. The Kier molecular flexibility index (Phi) is 7.14. The molecule has 0 atom stereocenters. The second-order valence-electron chi connectivity index (χ2n) is 6.77. The van der Waals surface area contributed by atoms with Crippen LogP contribution in [0, 0.1) is 0 Å². The molecule has 0 aliphatic rings. The van der Waals surface area contributed by atoms with E-state index in [1.54, 1.807) is 13.2 Å². The molecule has 0 fully saturated rings. The summed E-state index contributed by atoms with van der Waals surface area (Å²) in [6.07, 6.45) is 3.67. The first-order valence-electron chi connectivity index (χ1n) is 9.39. The number of guanidine groups is 1. The minimum absolute atomic E-state index is 0.457. The van der Waals surface area contributed by atoms with Crippen molar-refractivity contribution in [2.45, 2.75) is 19.7 Å². The predicted molar refractivity (Wildman–Crippen MR) is 117 cm³/mol. The van der Waals surface area contributed by atoms with Crippen molar-refractivity contribution < 1.29 is 4.74 Å². The lowest BCUT2D eigenvalue weighted by Gasteiger charge is -2.22. The monoisotopic (exact) mass is 411 g/mol. The molecule has 0 radical (unpaired) electrons. The maximum absolute atomic E-state index is 6.07. The quantitative estimate of drug-likeness (QED) is 0.473. The van der Waals surface area contributed by atoms with Gasteiger partial charge in [0.05, 0.1) is 17.3 Å². The van der Waals surface area contributed by atoms with Crippen molar-refractivity contribution in [3.8, 4) is 5.75 Å². The molecule has 152 valence electrons. The van der Waals surface area contributed by atoms with Crippen molar-refractivity contribution in [1.29, 1.82) is 0 Å². The van der Waals surface area contributed by atoms with E-state index < -0.39 is 0 Å². The van der Waals surface area contributed by atoms with Gasteiger partial charge in [0.15, 0.2) is 5.96 Å². The van der Waals surface area contributed by atoms with Crippen LogP contribution in [0.4, 0.5) is 0 Å². The van der Waals surface area contributed by atoms with Crippen molar-refractivity contribution >= 4 is 17.6 Å². The summed E-state index contributed by atoms with van der Waals surface area (Å²) in [6, 6.07) is 15.8. The summed E-state index contributed by atoms with van der Waals surface area (Å²) in [5.74, 6) is 1.64. The van der Waals surface area contributed by atoms with Gasteiger partial charge in [-0.05, 0) is 35.9 Å². The Balaban J connectivity index is 1.50. The molecule has 0 spiro atoms. The molecule has 6 nitrogen and oxygen atoms in total. The standard InChI is InChI=1S/C22H26ClN5O/c1-24-22(28(3)15-20-12-18(23)14-27(20)2)26-13-17-7-9-21(10-8-17)29-16-19-6-4-5-11-25-19/h4-12,14H,13,15-16H2,1-3H3,(H,24,26). The van der Waals surface area contributed by atoms with Gasteiger partial charge in [-0.15, -0.1) is 0 Å². The molecule has 0 amide bonds. The molecule has 0 unspecified atom stereocenters. The van der Waals surface area contributed by atoms with E-state index in [1.807, 2.05) is 73.4 Å². The first kappa shape index (κ1) is 20.7. The first-order chi connectivity index (χ1) is 14.0. The van der Waals surface area contributed by atoms with Gasteiger partial charge in [0, 0.05) is 45.8 Å². The van der Waals surface area contributed by atoms with E-state index in [0.717, 1.165) is 33.7 Å². The number of hydrogen-bond donors (Lipinski definition) is 1. The Labute approximate surface area is 176 Å². The lowest BCUT2D eigenvalue weighted by atomic mass is 10.2. The van der Waals surface area contributed by atoms with E-state index in [2.05, 4.69) is 20.2 Å². The van der Waals surface area contributed by atoms with Crippen LogP contribution < -0.4 is 10.1 Å². The maximum Gasteiger partial charge on any atom is 0.194 e. The van der Waals surface area contributed by atoms with E-state index >= 15 is 0 Å². The van der Waals surface area contributed by atoms with Crippen LogP contribution in [0.15, 0.2) is 65.9 Å². The average molecular weight is 412 g/mol. The van der Waals surface area contributed by atoms with Crippen LogP contribution in [0.5, 0.6) is 5.75 Å². The molecule has 0 bridgehead atoms. The SMILES string of the molecule is CN=C(NCc1ccc(OCc2ccccn2)cc1)N(C)Cc1cc(Cl)cn1C. The van der Waals surface area contributed by atoms with Crippen LogP contribution in [0.1, 0.15) is 17.0 Å². The number of benzene rings is 1. The molecule has 0 aliphatic carbocycles. The highest BCUT2D eigenvalue weighted by molar-refractivity contribution is 6.30. The number of nitrogens with one attached hydrogen (secondary N) is 1. The highest BCUT2D eigenvalue weighted by atomic mass is 35.5. The molecule has 3 aromatic rings. The summed E-state index contributed by atoms with van der Waals surface area (Å²) in [6.45, 7) is 1.84. The van der Waals surface area contributed by atoms with Gasteiger partial charge in [-0.2, -0.15) is 0 Å². The van der Waals surface area contributed by atoms with Crippen LogP contribution in [-0.2, 0) is 26.7 Å². The molecular weight excluding hydrogens is 386 g/mol. The normalized spacial score (nSPS) is 11.4. The Morgan fingerprint density at radius 1 is 1.24 bits per heavy atom. The second kappa shape index (κ2) is 9.98. The second-order valence-corrected chi connectivity index (χ2v) is 7.21. The topological polar surface area (TPSA) is 54.7 Å². The predicted octanol–water partition coefficient (Wildman–Crippen LogP) is 3.86. The molecule has 1 aromatic carbocycles. The fraction of sp³-hybridized carbons (Fsp3) is 0.273. The summed E-state index contributed by atoms with van der Waals surface area (Å²) in [7, 11) is 5.78. The van der Waals surface area contributed by atoms with Crippen LogP contribution in [-0.4, -0.2) is 34.5 Å². The van der Waals surface area contributed by atoms with Crippen molar-refractivity contribution in [3.05, 3.63) is 82.9 Å². The maximum atomic E-state index is 6.07. The lowest BCUT2D eigenvalue weighted by Crippen LogP contribution is -2.38. The molecule has 2 aromatic heterocycles. The molecule has 29 heavy (non-hydrogen) atoms. The van der Waals surface area contributed by atoms with Crippen molar-refractivity contribution in [1.82, 2.24) is 19.8 Å². The Hall–Kier alpha value is -2.99. The van der Waals surface area contributed by atoms with Gasteiger partial charge in [-0.1, -0.05) is 29.8 Å². The number of aromatic nitrogens is 2. The van der Waals surface area contributed by atoms with Gasteiger partial charge in [-0.25, -0.2) is 0 Å². The number of nitrogens with zero attached hydrogens (tertiary/aromatic N) is 4. The fourth-order valence-corrected chi connectivity index (χ4v) is 3.22. The summed E-state index contributed by atoms with van der Waals surface area (Å²) >= 11 is 6.07. The van der Waals surface area contributed by atoms with Gasteiger partial charge in [0.2, 0.25) is 0 Å². The molecular formula is C22H26ClN5O. The minimum atomic E-state index is 0.457. The third-order valence-electron chi connectivity index (χ3n) is 4.53. The van der Waals surface area contributed by atoms with Crippen molar-refractivity contribution in [2.75, 3.05) is 14.1 Å². The van der Waals surface area contributed by atoms with Crippen LogP contribution in [0.25, 0.3) is 0 Å². The van der Waals surface area contributed by atoms with Gasteiger partial charge in [-0.3, -0.25) is 9.98 Å². The molecule has 0 aliphatic heterocycles. The van der Waals surface area contributed by atoms with Crippen molar-refractivity contribution in [2.24, 2.45) is 12.0 Å². The Bertz CT molecular complexity index is 938. The third-order valence-corrected chi connectivity index (χ3v) is 4.74. The van der Waals surface area contributed by atoms with Crippen LogP contribution in [0.2, 0.25) is 5.02 Å². The number of hydrogen-bond acceptors (Lipinski definition) is 3. The molecule has 0 saturated carbocycles. The number of rotatable bonds is 7. The average Bonchev–Trinajstić information content (AvgIpc) is 3.05. The third kappa shape index (κ3) is 5.99. The molecule has 2 heterocycles. The number of halogens is 1. The number of ether oxygens (including phenoxy) is 1. The summed E-state index contributed by atoms with van der Waals surface area (Å²) in [5.41, 5.74) is 3.17. The first-order valence-corrected chi connectivity index (χ1v) is 9.77.